The Morgan fingerprint density at radius 3 is 2.75 bits per heavy atom. The largest absolute Gasteiger partial charge is 0.314 e. The Bertz CT molecular complexity index is 317. The molecule has 2 nitrogen and oxygen atoms in total. The minimum absolute atomic E-state index is 0.0619. The Hall–Kier alpha value is -0.570. The normalized spacial score (nSPS) is 10.7. The van der Waals surface area contributed by atoms with E-state index in [1.54, 1.807) is 16.7 Å². The second kappa shape index (κ2) is 3.90. The number of rotatable bonds is 2. The fraction of sp³-hybridized carbons (Fsp3) is 0.444. The van der Waals surface area contributed by atoms with Crippen LogP contribution in [0.15, 0.2) is 27.6 Å². The SMILES string of the molecule is CC(C)Cn1cc(Br)ccc1=O. The van der Waals surface area contributed by atoms with Crippen LogP contribution in [-0.4, -0.2) is 4.57 Å². The van der Waals surface area contributed by atoms with Gasteiger partial charge < -0.3 is 4.57 Å². The minimum atomic E-state index is 0.0619. The average Bonchev–Trinajstić information content (AvgIpc) is 1.96. The fourth-order valence-corrected chi connectivity index (χ4v) is 1.42. The number of hydrogen-bond donors (Lipinski definition) is 0. The zero-order valence-corrected chi connectivity index (χ0v) is 8.84. The maximum Gasteiger partial charge on any atom is 0.250 e. The fourth-order valence-electron chi connectivity index (χ4n) is 1.04. The lowest BCUT2D eigenvalue weighted by Crippen LogP contribution is -2.20. The number of pyridine rings is 1. The summed E-state index contributed by atoms with van der Waals surface area (Å²) in [6.07, 6.45) is 1.82. The molecule has 66 valence electrons. The molecule has 1 rings (SSSR count). The van der Waals surface area contributed by atoms with Gasteiger partial charge in [0.2, 0.25) is 0 Å². The average molecular weight is 230 g/mol. The van der Waals surface area contributed by atoms with Crippen molar-refractivity contribution in [3.05, 3.63) is 33.2 Å². The van der Waals surface area contributed by atoms with Crippen molar-refractivity contribution < 1.29 is 0 Å². The molecule has 0 atom stereocenters. The van der Waals surface area contributed by atoms with E-state index in [-0.39, 0.29) is 5.56 Å². The quantitative estimate of drug-likeness (QED) is 0.763. The van der Waals surface area contributed by atoms with Crippen molar-refractivity contribution in [1.82, 2.24) is 4.57 Å². The minimum Gasteiger partial charge on any atom is -0.314 e. The third kappa shape index (κ3) is 2.48. The van der Waals surface area contributed by atoms with Gasteiger partial charge >= 0.3 is 0 Å². The van der Waals surface area contributed by atoms with Crippen LogP contribution in [0.1, 0.15) is 13.8 Å². The van der Waals surface area contributed by atoms with Crippen LogP contribution in [0.4, 0.5) is 0 Å². The number of halogens is 1. The summed E-state index contributed by atoms with van der Waals surface area (Å²) in [5, 5.41) is 0. The summed E-state index contributed by atoms with van der Waals surface area (Å²) in [5.41, 5.74) is 0.0619. The Labute approximate surface area is 80.3 Å². The molecule has 0 saturated heterocycles. The highest BCUT2D eigenvalue weighted by Gasteiger charge is 1.98. The topological polar surface area (TPSA) is 22.0 Å². The van der Waals surface area contributed by atoms with Crippen molar-refractivity contribution in [1.29, 1.82) is 0 Å². The molecule has 1 aromatic rings. The highest BCUT2D eigenvalue weighted by atomic mass is 79.9. The summed E-state index contributed by atoms with van der Waals surface area (Å²) in [5.74, 6) is 0.497. The molecule has 0 spiro atoms. The Balaban J connectivity index is 2.98. The van der Waals surface area contributed by atoms with Crippen LogP contribution >= 0.6 is 15.9 Å². The van der Waals surface area contributed by atoms with Gasteiger partial charge in [0.05, 0.1) is 0 Å². The molecule has 0 aliphatic rings. The Kier molecular flexibility index (Phi) is 3.09. The van der Waals surface area contributed by atoms with Crippen molar-refractivity contribution >= 4 is 15.9 Å². The highest BCUT2D eigenvalue weighted by molar-refractivity contribution is 9.10. The predicted molar refractivity (Wildman–Crippen MR) is 53.2 cm³/mol. The first-order chi connectivity index (χ1) is 5.59. The molecule has 0 saturated carbocycles. The summed E-state index contributed by atoms with van der Waals surface area (Å²) in [6, 6.07) is 3.34. The number of aromatic nitrogens is 1. The maximum atomic E-state index is 11.2. The van der Waals surface area contributed by atoms with Crippen LogP contribution < -0.4 is 5.56 Å². The lowest BCUT2D eigenvalue weighted by atomic mass is 10.2. The van der Waals surface area contributed by atoms with Crippen LogP contribution in [0.25, 0.3) is 0 Å². The summed E-state index contributed by atoms with van der Waals surface area (Å²) in [4.78, 5) is 11.2. The van der Waals surface area contributed by atoms with Crippen LogP contribution in [0.5, 0.6) is 0 Å². The molecule has 0 fully saturated rings. The molecule has 1 aromatic heterocycles. The third-order valence-electron chi connectivity index (χ3n) is 1.51. The van der Waals surface area contributed by atoms with E-state index in [0.717, 1.165) is 11.0 Å². The van der Waals surface area contributed by atoms with Gasteiger partial charge in [-0.3, -0.25) is 4.79 Å². The monoisotopic (exact) mass is 229 g/mol. The van der Waals surface area contributed by atoms with Crippen molar-refractivity contribution in [3.8, 4) is 0 Å². The van der Waals surface area contributed by atoms with E-state index in [4.69, 9.17) is 0 Å². The van der Waals surface area contributed by atoms with Crippen molar-refractivity contribution in [3.63, 3.8) is 0 Å². The first kappa shape index (κ1) is 9.52. The van der Waals surface area contributed by atoms with Gasteiger partial charge in [0.25, 0.3) is 5.56 Å². The van der Waals surface area contributed by atoms with E-state index < -0.39 is 0 Å². The molecule has 0 radical (unpaired) electrons. The second-order valence-electron chi connectivity index (χ2n) is 3.23. The zero-order chi connectivity index (χ0) is 9.14. The van der Waals surface area contributed by atoms with E-state index in [2.05, 4.69) is 29.8 Å². The highest BCUT2D eigenvalue weighted by Crippen LogP contribution is 2.06. The van der Waals surface area contributed by atoms with E-state index in [0.29, 0.717) is 5.92 Å². The van der Waals surface area contributed by atoms with Crippen molar-refractivity contribution in [2.24, 2.45) is 5.92 Å². The van der Waals surface area contributed by atoms with Crippen molar-refractivity contribution in [2.45, 2.75) is 20.4 Å². The van der Waals surface area contributed by atoms with Gasteiger partial charge in [-0.05, 0) is 27.9 Å². The molecule has 0 unspecified atom stereocenters. The van der Waals surface area contributed by atoms with Gasteiger partial charge in [-0.2, -0.15) is 0 Å². The summed E-state index contributed by atoms with van der Waals surface area (Å²) >= 11 is 3.33. The third-order valence-corrected chi connectivity index (χ3v) is 1.98. The van der Waals surface area contributed by atoms with Gasteiger partial charge in [0, 0.05) is 23.3 Å². The van der Waals surface area contributed by atoms with Crippen LogP contribution in [0, 0.1) is 5.92 Å². The summed E-state index contributed by atoms with van der Waals surface area (Å²) in [6.45, 7) is 4.96. The van der Waals surface area contributed by atoms with E-state index >= 15 is 0 Å². The second-order valence-corrected chi connectivity index (χ2v) is 4.15. The van der Waals surface area contributed by atoms with Gasteiger partial charge in [-0.1, -0.05) is 13.8 Å². The number of nitrogens with zero attached hydrogens (tertiary/aromatic N) is 1. The van der Waals surface area contributed by atoms with Crippen molar-refractivity contribution in [2.75, 3.05) is 0 Å². The lowest BCUT2D eigenvalue weighted by molar-refractivity contribution is 0.510. The van der Waals surface area contributed by atoms with E-state index in [1.165, 1.54) is 0 Å². The standard InChI is InChI=1S/C9H12BrNO/c1-7(2)5-11-6-8(10)3-4-9(11)12/h3-4,6-7H,5H2,1-2H3. The van der Waals surface area contributed by atoms with Crippen LogP contribution in [-0.2, 0) is 6.54 Å². The molecular formula is C9H12BrNO. The molecule has 0 aliphatic heterocycles. The first-order valence-corrected chi connectivity index (χ1v) is 4.75. The first-order valence-electron chi connectivity index (χ1n) is 3.95. The molecule has 0 amide bonds. The van der Waals surface area contributed by atoms with Crippen LogP contribution in [0.2, 0.25) is 0 Å². The van der Waals surface area contributed by atoms with E-state index in [1.807, 2.05) is 6.20 Å². The van der Waals surface area contributed by atoms with Gasteiger partial charge in [-0.25, -0.2) is 0 Å². The predicted octanol–water partition coefficient (Wildman–Crippen LogP) is 2.27. The molecule has 0 aromatic carbocycles. The Morgan fingerprint density at radius 1 is 1.50 bits per heavy atom. The smallest absolute Gasteiger partial charge is 0.250 e. The molecule has 0 aliphatic carbocycles. The molecule has 0 N–H and O–H groups in total. The van der Waals surface area contributed by atoms with Gasteiger partial charge in [-0.15, -0.1) is 0 Å². The molecule has 1 heterocycles. The van der Waals surface area contributed by atoms with Crippen LogP contribution in [0.3, 0.4) is 0 Å². The zero-order valence-electron chi connectivity index (χ0n) is 7.25. The summed E-state index contributed by atoms with van der Waals surface area (Å²) < 4.78 is 2.66. The molecule has 0 bridgehead atoms. The lowest BCUT2D eigenvalue weighted by Gasteiger charge is -2.07. The summed E-state index contributed by atoms with van der Waals surface area (Å²) in [7, 11) is 0. The molecule has 3 heteroatoms. The molecular weight excluding hydrogens is 218 g/mol. The van der Waals surface area contributed by atoms with Gasteiger partial charge in [0.1, 0.15) is 0 Å². The Morgan fingerprint density at radius 2 is 2.17 bits per heavy atom. The van der Waals surface area contributed by atoms with Gasteiger partial charge in [0.15, 0.2) is 0 Å². The maximum absolute atomic E-state index is 11.2. The van der Waals surface area contributed by atoms with E-state index in [9.17, 15) is 4.79 Å². The molecule has 12 heavy (non-hydrogen) atoms. The number of hydrogen-bond acceptors (Lipinski definition) is 1.